The van der Waals surface area contributed by atoms with Gasteiger partial charge in [0, 0.05) is 12.1 Å². The minimum Gasteiger partial charge on any atom is -0.333 e. The maximum atomic E-state index is 13.0. The van der Waals surface area contributed by atoms with Crippen molar-refractivity contribution < 1.29 is 26.7 Å². The molecule has 2 nitrogen and oxygen atoms in total. The van der Waals surface area contributed by atoms with Gasteiger partial charge < -0.3 is 4.90 Å². The number of benzene rings is 1. The highest BCUT2D eigenvalue weighted by molar-refractivity contribution is 6.30. The maximum absolute atomic E-state index is 13.0. The van der Waals surface area contributed by atoms with E-state index in [1.54, 1.807) is 0 Å². The maximum Gasteiger partial charge on any atom is 0.463 e. The van der Waals surface area contributed by atoms with Gasteiger partial charge in [-0.05, 0) is 24.6 Å². The van der Waals surface area contributed by atoms with E-state index in [9.17, 15) is 26.7 Å². The number of amides is 1. The minimum absolute atomic E-state index is 0.290. The molecule has 1 atom stereocenters. The third kappa shape index (κ3) is 3.20. The Morgan fingerprint density at radius 3 is 2.25 bits per heavy atom. The van der Waals surface area contributed by atoms with Crippen molar-refractivity contribution in [1.29, 1.82) is 0 Å². The van der Waals surface area contributed by atoms with Crippen LogP contribution in [0, 0.1) is 0 Å². The lowest BCUT2D eigenvalue weighted by atomic mass is 10.1. The average molecular weight is 316 g/mol. The molecule has 0 bridgehead atoms. The highest BCUT2D eigenvalue weighted by Crippen LogP contribution is 2.38. The molecule has 1 unspecified atom stereocenters. The van der Waals surface area contributed by atoms with Crippen LogP contribution in [0.4, 0.5) is 22.0 Å². The zero-order chi connectivity index (χ0) is 15.7. The van der Waals surface area contributed by atoms with Crippen molar-refractivity contribution in [2.45, 2.75) is 25.1 Å². The van der Waals surface area contributed by atoms with Crippen LogP contribution in [0.3, 0.4) is 0 Å². The minimum atomic E-state index is -5.92. The summed E-state index contributed by atoms with van der Waals surface area (Å²) in [4.78, 5) is 11.7. The fraction of sp³-hybridized carbons (Fsp3) is 0.417. The molecular formula is C12H11ClF5NO. The molecule has 1 aromatic rings. The third-order valence-corrected chi connectivity index (χ3v) is 3.09. The van der Waals surface area contributed by atoms with Gasteiger partial charge in [0.1, 0.15) is 0 Å². The van der Waals surface area contributed by atoms with E-state index in [0.29, 0.717) is 10.5 Å². The van der Waals surface area contributed by atoms with Crippen LogP contribution in [0.2, 0.25) is 5.02 Å². The second kappa shape index (κ2) is 5.55. The average Bonchev–Trinajstić information content (AvgIpc) is 2.34. The van der Waals surface area contributed by atoms with E-state index in [-0.39, 0.29) is 5.02 Å². The Hall–Kier alpha value is -1.37. The van der Waals surface area contributed by atoms with Gasteiger partial charge >= 0.3 is 18.0 Å². The van der Waals surface area contributed by atoms with Gasteiger partial charge in [-0.15, -0.1) is 0 Å². The zero-order valence-corrected chi connectivity index (χ0v) is 11.3. The number of alkyl halides is 5. The van der Waals surface area contributed by atoms with Crippen molar-refractivity contribution >= 4 is 17.5 Å². The van der Waals surface area contributed by atoms with Crippen molar-refractivity contribution in [3.05, 3.63) is 34.9 Å². The van der Waals surface area contributed by atoms with Crippen molar-refractivity contribution in [1.82, 2.24) is 4.90 Å². The van der Waals surface area contributed by atoms with Crippen molar-refractivity contribution in [3.8, 4) is 0 Å². The van der Waals surface area contributed by atoms with Crippen LogP contribution < -0.4 is 0 Å². The summed E-state index contributed by atoms with van der Waals surface area (Å²) < 4.78 is 62.4. The first-order valence-electron chi connectivity index (χ1n) is 5.45. The summed E-state index contributed by atoms with van der Waals surface area (Å²) in [6.45, 7) is 1.33. The molecular weight excluding hydrogens is 305 g/mol. The van der Waals surface area contributed by atoms with Gasteiger partial charge in [-0.3, -0.25) is 4.79 Å². The van der Waals surface area contributed by atoms with Gasteiger partial charge in [-0.25, -0.2) is 0 Å². The molecule has 0 saturated carbocycles. The molecule has 0 N–H and O–H groups in total. The fourth-order valence-corrected chi connectivity index (χ4v) is 1.71. The van der Waals surface area contributed by atoms with E-state index in [2.05, 4.69) is 0 Å². The molecule has 0 aromatic heterocycles. The molecule has 20 heavy (non-hydrogen) atoms. The Balaban J connectivity index is 3.00. The second-order valence-corrected chi connectivity index (χ2v) is 4.66. The van der Waals surface area contributed by atoms with Crippen molar-refractivity contribution in [2.24, 2.45) is 0 Å². The summed E-state index contributed by atoms with van der Waals surface area (Å²) in [5, 5.41) is 0.290. The number of carbonyl (C=O) groups excluding carboxylic acids is 1. The molecule has 1 amide bonds. The van der Waals surface area contributed by atoms with E-state index >= 15 is 0 Å². The topological polar surface area (TPSA) is 20.3 Å². The monoisotopic (exact) mass is 315 g/mol. The molecule has 0 aliphatic carbocycles. The quantitative estimate of drug-likeness (QED) is 0.770. The van der Waals surface area contributed by atoms with Crippen LogP contribution in [0.5, 0.6) is 0 Å². The van der Waals surface area contributed by atoms with E-state index in [1.807, 2.05) is 0 Å². The summed E-state index contributed by atoms with van der Waals surface area (Å²) in [7, 11) is 0.882. The smallest absolute Gasteiger partial charge is 0.333 e. The Kier molecular flexibility index (Phi) is 4.63. The van der Waals surface area contributed by atoms with E-state index in [0.717, 1.165) is 7.05 Å². The molecule has 0 radical (unpaired) electrons. The summed E-state index contributed by atoms with van der Waals surface area (Å²) in [5.41, 5.74) is 0.353. The Labute approximate surface area is 117 Å². The Morgan fingerprint density at radius 1 is 1.25 bits per heavy atom. The molecule has 112 valence electrons. The molecule has 0 saturated heterocycles. The lowest BCUT2D eigenvalue weighted by Crippen LogP contribution is -2.51. The number of carbonyl (C=O) groups is 1. The van der Waals surface area contributed by atoms with E-state index in [4.69, 9.17) is 11.6 Å². The van der Waals surface area contributed by atoms with E-state index < -0.39 is 24.0 Å². The lowest BCUT2D eigenvalue weighted by molar-refractivity contribution is -0.274. The predicted octanol–water partition coefficient (Wildman–Crippen LogP) is 4.06. The SMILES string of the molecule is CC(c1cccc(Cl)c1)N(C)C(=O)C(F)(F)C(F)(F)F. The van der Waals surface area contributed by atoms with Crippen LogP contribution in [-0.2, 0) is 4.79 Å². The molecule has 1 rings (SSSR count). The molecule has 0 aliphatic heterocycles. The number of halogens is 6. The Bertz CT molecular complexity index is 503. The van der Waals surface area contributed by atoms with Gasteiger partial charge in [0.25, 0.3) is 0 Å². The first kappa shape index (κ1) is 16.7. The molecule has 0 fully saturated rings. The lowest BCUT2D eigenvalue weighted by Gasteiger charge is -2.29. The van der Waals surface area contributed by atoms with Crippen LogP contribution in [0.1, 0.15) is 18.5 Å². The van der Waals surface area contributed by atoms with Crippen LogP contribution in [-0.4, -0.2) is 30.0 Å². The normalized spacial score (nSPS) is 14.0. The molecule has 0 spiro atoms. The number of hydrogen-bond acceptors (Lipinski definition) is 1. The van der Waals surface area contributed by atoms with Crippen LogP contribution in [0.25, 0.3) is 0 Å². The van der Waals surface area contributed by atoms with Crippen molar-refractivity contribution in [3.63, 3.8) is 0 Å². The summed E-state index contributed by atoms with van der Waals surface area (Å²) >= 11 is 5.70. The van der Waals surface area contributed by atoms with Gasteiger partial charge in [0.2, 0.25) is 0 Å². The van der Waals surface area contributed by atoms with Crippen molar-refractivity contribution in [2.75, 3.05) is 7.05 Å². The third-order valence-electron chi connectivity index (χ3n) is 2.86. The van der Waals surface area contributed by atoms with Crippen LogP contribution >= 0.6 is 11.6 Å². The summed E-state index contributed by atoms with van der Waals surface area (Å²) in [6, 6.07) is 4.92. The van der Waals surface area contributed by atoms with Gasteiger partial charge in [-0.2, -0.15) is 22.0 Å². The second-order valence-electron chi connectivity index (χ2n) is 4.22. The largest absolute Gasteiger partial charge is 0.463 e. The molecule has 0 heterocycles. The molecule has 0 aliphatic rings. The zero-order valence-electron chi connectivity index (χ0n) is 10.5. The van der Waals surface area contributed by atoms with Crippen LogP contribution in [0.15, 0.2) is 24.3 Å². The van der Waals surface area contributed by atoms with E-state index in [1.165, 1.54) is 31.2 Å². The highest BCUT2D eigenvalue weighted by atomic mass is 35.5. The molecule has 1 aromatic carbocycles. The first-order chi connectivity index (χ1) is 8.98. The number of hydrogen-bond donors (Lipinski definition) is 0. The number of nitrogens with zero attached hydrogens (tertiary/aromatic N) is 1. The Morgan fingerprint density at radius 2 is 1.80 bits per heavy atom. The van der Waals surface area contributed by atoms with Gasteiger partial charge in [-0.1, -0.05) is 23.7 Å². The standard InChI is InChI=1S/C12H11ClF5NO/c1-7(8-4-3-5-9(13)6-8)19(2)10(20)11(14,15)12(16,17)18/h3-7H,1-2H3. The molecule has 8 heteroatoms. The fourth-order valence-electron chi connectivity index (χ4n) is 1.51. The predicted molar refractivity (Wildman–Crippen MR) is 63.6 cm³/mol. The highest BCUT2D eigenvalue weighted by Gasteiger charge is 2.64. The summed E-state index contributed by atoms with van der Waals surface area (Å²) in [5.74, 6) is -7.73. The first-order valence-corrected chi connectivity index (χ1v) is 5.83. The van der Waals surface area contributed by atoms with Gasteiger partial charge in [0.05, 0.1) is 6.04 Å². The summed E-state index contributed by atoms with van der Waals surface area (Å²) in [6.07, 6.45) is -5.92. The number of rotatable bonds is 3. The van der Waals surface area contributed by atoms with Gasteiger partial charge in [0.15, 0.2) is 0 Å².